The zero-order chi connectivity index (χ0) is 16.2. The average molecular weight is 295 g/mol. The SMILES string of the molecule is CN1C(=O)C=CC1=O.Cc1cc(F)c(N=O)cc1[N+](=O)[O-]. The van der Waals surface area contributed by atoms with Gasteiger partial charge in [0.1, 0.15) is 5.69 Å². The first-order valence-electron chi connectivity index (χ1n) is 5.55. The van der Waals surface area contributed by atoms with Gasteiger partial charge in [0, 0.05) is 30.8 Å². The van der Waals surface area contributed by atoms with Gasteiger partial charge in [0.15, 0.2) is 5.82 Å². The van der Waals surface area contributed by atoms with Gasteiger partial charge in [-0.25, -0.2) is 4.39 Å². The van der Waals surface area contributed by atoms with Crippen molar-refractivity contribution in [3.63, 3.8) is 0 Å². The fourth-order valence-corrected chi connectivity index (χ4v) is 1.39. The number of benzene rings is 1. The first-order valence-corrected chi connectivity index (χ1v) is 5.55. The molecule has 0 radical (unpaired) electrons. The lowest BCUT2D eigenvalue weighted by atomic mass is 10.2. The van der Waals surface area contributed by atoms with Gasteiger partial charge in [0.25, 0.3) is 17.5 Å². The molecule has 0 aliphatic carbocycles. The number of nitroso groups, excluding NO2 is 1. The maximum atomic E-state index is 12.8. The van der Waals surface area contributed by atoms with Crippen LogP contribution in [-0.4, -0.2) is 28.7 Å². The molecule has 2 amide bonds. The van der Waals surface area contributed by atoms with Crippen molar-refractivity contribution >= 4 is 23.2 Å². The van der Waals surface area contributed by atoms with Gasteiger partial charge >= 0.3 is 0 Å². The van der Waals surface area contributed by atoms with Crippen LogP contribution >= 0.6 is 0 Å². The Labute approximate surface area is 118 Å². The molecule has 1 heterocycles. The van der Waals surface area contributed by atoms with Crippen molar-refractivity contribution in [1.82, 2.24) is 4.90 Å². The number of nitro groups is 1. The van der Waals surface area contributed by atoms with Gasteiger partial charge < -0.3 is 0 Å². The van der Waals surface area contributed by atoms with E-state index in [1.807, 2.05) is 0 Å². The van der Waals surface area contributed by atoms with E-state index in [1.165, 1.54) is 26.1 Å². The van der Waals surface area contributed by atoms with Gasteiger partial charge in [-0.1, -0.05) is 0 Å². The van der Waals surface area contributed by atoms with Gasteiger partial charge in [-0.2, -0.15) is 0 Å². The zero-order valence-corrected chi connectivity index (χ0v) is 11.1. The third kappa shape index (κ3) is 3.75. The summed E-state index contributed by atoms with van der Waals surface area (Å²) < 4.78 is 12.8. The number of carbonyl (C=O) groups excluding carboxylic acids is 2. The number of nitrogens with zero attached hydrogens (tertiary/aromatic N) is 3. The van der Waals surface area contributed by atoms with E-state index in [0.717, 1.165) is 17.0 Å². The number of likely N-dealkylation sites (N-methyl/N-ethyl adjacent to an activating group) is 1. The standard InChI is InChI=1S/C7H5FN2O3.C5H5NO2/c1-4-2-5(8)6(9-11)3-7(4)10(12)13;1-6-4(7)2-3-5(6)8/h2-3H,1H3;2-3H,1H3. The monoisotopic (exact) mass is 295 g/mol. The normalized spacial score (nSPS) is 13.0. The molecule has 0 saturated carbocycles. The average Bonchev–Trinajstić information content (AvgIpc) is 2.70. The van der Waals surface area contributed by atoms with Crippen LogP contribution < -0.4 is 0 Å². The van der Waals surface area contributed by atoms with Crippen LogP contribution in [0.5, 0.6) is 0 Å². The molecule has 0 N–H and O–H groups in total. The molecule has 110 valence electrons. The number of hydrogen-bond acceptors (Lipinski definition) is 6. The van der Waals surface area contributed by atoms with Gasteiger partial charge in [-0.3, -0.25) is 24.6 Å². The quantitative estimate of drug-likeness (QED) is 0.358. The highest BCUT2D eigenvalue weighted by atomic mass is 19.1. The molecule has 0 spiro atoms. The lowest BCUT2D eigenvalue weighted by molar-refractivity contribution is -0.385. The molecule has 1 aromatic rings. The molecule has 0 aromatic heterocycles. The highest BCUT2D eigenvalue weighted by Crippen LogP contribution is 2.27. The van der Waals surface area contributed by atoms with Gasteiger partial charge in [0.05, 0.1) is 4.92 Å². The smallest absolute Gasteiger partial charge is 0.274 e. The molecule has 0 bridgehead atoms. The predicted molar refractivity (Wildman–Crippen MR) is 70.2 cm³/mol. The fraction of sp³-hybridized carbons (Fsp3) is 0.167. The van der Waals surface area contributed by atoms with Gasteiger partial charge in [-0.15, -0.1) is 4.91 Å². The van der Waals surface area contributed by atoms with E-state index >= 15 is 0 Å². The number of imide groups is 1. The number of aryl methyl sites for hydroxylation is 1. The number of hydrogen-bond donors (Lipinski definition) is 0. The first-order chi connectivity index (χ1) is 9.77. The molecule has 0 unspecified atom stereocenters. The summed E-state index contributed by atoms with van der Waals surface area (Å²) in [6, 6.07) is 1.73. The molecule has 0 atom stereocenters. The van der Waals surface area contributed by atoms with E-state index in [-0.39, 0.29) is 23.1 Å². The van der Waals surface area contributed by atoms with Crippen molar-refractivity contribution in [3.05, 3.63) is 50.7 Å². The first kappa shape index (κ1) is 16.1. The Morgan fingerprint density at radius 2 is 1.76 bits per heavy atom. The molecule has 9 heteroatoms. The third-order valence-corrected chi connectivity index (χ3v) is 2.59. The summed E-state index contributed by atoms with van der Waals surface area (Å²) >= 11 is 0. The van der Waals surface area contributed by atoms with Crippen LogP contribution in [0.25, 0.3) is 0 Å². The van der Waals surface area contributed by atoms with Gasteiger partial charge in [0.2, 0.25) is 0 Å². The molecule has 21 heavy (non-hydrogen) atoms. The van der Waals surface area contributed by atoms with E-state index in [2.05, 4.69) is 5.18 Å². The number of carbonyl (C=O) groups is 2. The Hall–Kier alpha value is -2.97. The molecule has 0 saturated heterocycles. The molecular formula is C12H10FN3O5. The van der Waals surface area contributed by atoms with Gasteiger partial charge in [-0.05, 0) is 18.2 Å². The second-order valence-electron chi connectivity index (χ2n) is 4.01. The van der Waals surface area contributed by atoms with Crippen LogP contribution in [0.1, 0.15) is 5.56 Å². The van der Waals surface area contributed by atoms with E-state index in [0.29, 0.717) is 0 Å². The van der Waals surface area contributed by atoms with Crippen molar-refractivity contribution in [2.45, 2.75) is 6.92 Å². The Bertz CT molecular complexity index is 639. The summed E-state index contributed by atoms with van der Waals surface area (Å²) in [7, 11) is 1.45. The number of rotatable bonds is 2. The molecular weight excluding hydrogens is 285 g/mol. The second kappa shape index (κ2) is 6.46. The lowest BCUT2D eigenvalue weighted by Crippen LogP contribution is -2.24. The zero-order valence-electron chi connectivity index (χ0n) is 11.1. The Kier molecular flexibility index (Phi) is 4.95. The van der Waals surface area contributed by atoms with Crippen molar-refractivity contribution in [3.8, 4) is 0 Å². The van der Waals surface area contributed by atoms with Crippen molar-refractivity contribution in [1.29, 1.82) is 0 Å². The summed E-state index contributed by atoms with van der Waals surface area (Å²) in [6.07, 6.45) is 2.50. The van der Waals surface area contributed by atoms with Crippen LogP contribution in [0.4, 0.5) is 15.8 Å². The highest BCUT2D eigenvalue weighted by molar-refractivity contribution is 6.12. The Morgan fingerprint density at radius 1 is 1.24 bits per heavy atom. The van der Waals surface area contributed by atoms with Crippen LogP contribution in [0.3, 0.4) is 0 Å². The summed E-state index contributed by atoms with van der Waals surface area (Å²) in [6.45, 7) is 1.38. The number of nitro benzene ring substituents is 1. The third-order valence-electron chi connectivity index (χ3n) is 2.59. The number of halogens is 1. The highest BCUT2D eigenvalue weighted by Gasteiger charge is 2.17. The summed E-state index contributed by atoms with van der Waals surface area (Å²) in [5, 5.41) is 12.7. The predicted octanol–water partition coefficient (Wildman–Crippen LogP) is 1.98. The van der Waals surface area contributed by atoms with Crippen molar-refractivity contribution in [2.75, 3.05) is 7.05 Å². The van der Waals surface area contributed by atoms with Crippen LogP contribution in [-0.2, 0) is 9.59 Å². The molecule has 1 aliphatic heterocycles. The van der Waals surface area contributed by atoms with Crippen LogP contribution in [0.15, 0.2) is 29.5 Å². The molecule has 1 aromatic carbocycles. The summed E-state index contributed by atoms with van der Waals surface area (Å²) in [5.74, 6) is -1.33. The Balaban J connectivity index is 0.000000235. The Morgan fingerprint density at radius 3 is 2.10 bits per heavy atom. The molecule has 8 nitrogen and oxygen atoms in total. The molecule has 2 rings (SSSR count). The number of amides is 2. The fourth-order valence-electron chi connectivity index (χ4n) is 1.39. The van der Waals surface area contributed by atoms with E-state index < -0.39 is 16.4 Å². The van der Waals surface area contributed by atoms with Crippen molar-refractivity contribution < 1.29 is 18.9 Å². The second-order valence-corrected chi connectivity index (χ2v) is 4.01. The van der Waals surface area contributed by atoms with Crippen LogP contribution in [0, 0.1) is 27.8 Å². The van der Waals surface area contributed by atoms with E-state index in [4.69, 9.17) is 0 Å². The minimum absolute atomic E-state index is 0.162. The minimum atomic E-state index is -0.849. The maximum absolute atomic E-state index is 12.8. The summed E-state index contributed by atoms with van der Waals surface area (Å²) in [5.41, 5.74) is -0.691. The summed E-state index contributed by atoms with van der Waals surface area (Å²) in [4.78, 5) is 41.5. The molecule has 0 fully saturated rings. The maximum Gasteiger partial charge on any atom is 0.274 e. The van der Waals surface area contributed by atoms with Crippen LogP contribution in [0.2, 0.25) is 0 Å². The largest absolute Gasteiger partial charge is 0.279 e. The molecule has 1 aliphatic rings. The van der Waals surface area contributed by atoms with E-state index in [1.54, 1.807) is 0 Å². The lowest BCUT2D eigenvalue weighted by Gasteiger charge is -2.01. The van der Waals surface area contributed by atoms with Crippen molar-refractivity contribution in [2.24, 2.45) is 5.18 Å². The van der Waals surface area contributed by atoms with E-state index in [9.17, 15) is 29.0 Å². The topological polar surface area (TPSA) is 110 Å². The minimum Gasteiger partial charge on any atom is -0.279 e.